The van der Waals surface area contributed by atoms with Gasteiger partial charge in [-0.05, 0) is 6.92 Å². The van der Waals surface area contributed by atoms with Crippen molar-refractivity contribution in [1.82, 2.24) is 9.29 Å². The lowest BCUT2D eigenvalue weighted by atomic mass is 10.4. The highest BCUT2D eigenvalue weighted by Gasteiger charge is 2.29. The first-order valence-corrected chi connectivity index (χ1v) is 6.86. The van der Waals surface area contributed by atoms with Crippen LogP contribution in [0.4, 0.5) is 0 Å². The van der Waals surface area contributed by atoms with E-state index in [1.54, 1.807) is 6.92 Å². The Morgan fingerprint density at radius 2 is 2.24 bits per heavy atom. The highest BCUT2D eigenvalue weighted by Crippen LogP contribution is 2.23. The third-order valence-corrected chi connectivity index (χ3v) is 5.03. The summed E-state index contributed by atoms with van der Waals surface area (Å²) in [4.78, 5) is 14.4. The van der Waals surface area contributed by atoms with Crippen LogP contribution in [0, 0.1) is 0 Å². The van der Waals surface area contributed by atoms with Gasteiger partial charge in [0.15, 0.2) is 9.90 Å². The van der Waals surface area contributed by atoms with Crippen molar-refractivity contribution in [2.24, 2.45) is 0 Å². The maximum Gasteiger partial charge on any atom is 0.356 e. The zero-order valence-corrected chi connectivity index (χ0v) is 11.0. The molecule has 0 saturated carbocycles. The Balaban J connectivity index is 3.17. The van der Waals surface area contributed by atoms with Crippen LogP contribution >= 0.6 is 11.3 Å². The van der Waals surface area contributed by atoms with E-state index in [-0.39, 0.29) is 10.8 Å². The number of carboxylic acids is 1. The molecule has 0 atom stereocenters. The molecule has 6 nitrogen and oxygen atoms in total. The lowest BCUT2D eigenvalue weighted by Gasteiger charge is -2.15. The van der Waals surface area contributed by atoms with Crippen LogP contribution in [0.2, 0.25) is 0 Å². The highest BCUT2D eigenvalue weighted by atomic mass is 32.2. The van der Waals surface area contributed by atoms with Crippen molar-refractivity contribution >= 4 is 27.3 Å². The molecule has 0 aliphatic carbocycles. The van der Waals surface area contributed by atoms with Crippen molar-refractivity contribution in [2.75, 3.05) is 13.6 Å². The molecular weight excluding hydrogens is 264 g/mol. The summed E-state index contributed by atoms with van der Waals surface area (Å²) < 4.78 is 24.9. The number of thiazole rings is 1. The van der Waals surface area contributed by atoms with E-state index in [9.17, 15) is 13.2 Å². The number of likely N-dealkylation sites (N-methyl/N-ethyl adjacent to an activating group) is 1. The average Bonchev–Trinajstić information content (AvgIpc) is 2.64. The molecule has 1 rings (SSSR count). The minimum atomic E-state index is -3.82. The Bertz CT molecular complexity index is 547. The first-order valence-electron chi connectivity index (χ1n) is 4.54. The summed E-state index contributed by atoms with van der Waals surface area (Å²) in [6.07, 6.45) is 0. The molecule has 8 heteroatoms. The largest absolute Gasteiger partial charge is 0.476 e. The Hall–Kier alpha value is -1.25. The third-order valence-electron chi connectivity index (χ3n) is 1.87. The molecule has 0 amide bonds. The fraction of sp³-hybridized carbons (Fsp3) is 0.333. The van der Waals surface area contributed by atoms with Crippen molar-refractivity contribution in [3.8, 4) is 0 Å². The summed E-state index contributed by atoms with van der Waals surface area (Å²) in [5.74, 6) is -1.35. The van der Waals surface area contributed by atoms with Gasteiger partial charge in [-0.3, -0.25) is 0 Å². The van der Waals surface area contributed by atoms with Gasteiger partial charge in [0.25, 0.3) is 10.0 Å². The molecule has 0 bridgehead atoms. The van der Waals surface area contributed by atoms with E-state index in [0.29, 0.717) is 5.57 Å². The van der Waals surface area contributed by atoms with Crippen LogP contribution in [-0.4, -0.2) is 42.4 Å². The molecule has 0 unspecified atom stereocenters. The van der Waals surface area contributed by atoms with Crippen LogP contribution in [-0.2, 0) is 10.0 Å². The second-order valence-electron chi connectivity index (χ2n) is 3.51. The van der Waals surface area contributed by atoms with E-state index in [1.165, 1.54) is 12.6 Å². The van der Waals surface area contributed by atoms with Gasteiger partial charge in [0, 0.05) is 13.6 Å². The van der Waals surface area contributed by atoms with E-state index in [4.69, 9.17) is 5.11 Å². The molecule has 0 spiro atoms. The second-order valence-corrected chi connectivity index (χ2v) is 6.61. The van der Waals surface area contributed by atoms with Crippen LogP contribution in [0.25, 0.3) is 0 Å². The van der Waals surface area contributed by atoms with Gasteiger partial charge in [-0.1, -0.05) is 12.2 Å². The van der Waals surface area contributed by atoms with Gasteiger partial charge in [-0.2, -0.15) is 4.31 Å². The second kappa shape index (κ2) is 4.94. The maximum atomic E-state index is 12.0. The minimum Gasteiger partial charge on any atom is -0.476 e. The number of hydrogen-bond donors (Lipinski definition) is 1. The molecule has 0 aliphatic heterocycles. The Morgan fingerprint density at radius 1 is 1.65 bits per heavy atom. The molecule has 17 heavy (non-hydrogen) atoms. The smallest absolute Gasteiger partial charge is 0.356 e. The standard InChI is InChI=1S/C9H12N2O4S2/c1-6(2)4-11(3)17(14,15)9-7(8(12)13)10-5-16-9/h5H,1,4H2,2-3H3,(H,12,13). The van der Waals surface area contributed by atoms with Gasteiger partial charge in [0.1, 0.15) is 0 Å². The molecule has 1 heterocycles. The lowest BCUT2D eigenvalue weighted by Crippen LogP contribution is -2.28. The van der Waals surface area contributed by atoms with E-state index in [2.05, 4.69) is 11.6 Å². The molecule has 0 radical (unpaired) electrons. The molecule has 1 aromatic rings. The van der Waals surface area contributed by atoms with Gasteiger partial charge in [0.2, 0.25) is 0 Å². The molecular formula is C9H12N2O4S2. The van der Waals surface area contributed by atoms with Gasteiger partial charge in [0.05, 0.1) is 5.51 Å². The first-order chi connectivity index (χ1) is 7.76. The third kappa shape index (κ3) is 2.90. The average molecular weight is 276 g/mol. The van der Waals surface area contributed by atoms with E-state index in [0.717, 1.165) is 15.6 Å². The highest BCUT2D eigenvalue weighted by molar-refractivity contribution is 7.91. The number of carboxylic acid groups (broad SMARTS) is 1. The predicted molar refractivity (Wildman–Crippen MR) is 63.7 cm³/mol. The number of aromatic carboxylic acids is 1. The van der Waals surface area contributed by atoms with Crippen molar-refractivity contribution in [3.63, 3.8) is 0 Å². The first kappa shape index (κ1) is 13.8. The van der Waals surface area contributed by atoms with Crippen molar-refractivity contribution in [1.29, 1.82) is 0 Å². The van der Waals surface area contributed by atoms with Crippen molar-refractivity contribution < 1.29 is 18.3 Å². The van der Waals surface area contributed by atoms with Crippen LogP contribution in [0.15, 0.2) is 21.9 Å². The summed E-state index contributed by atoms with van der Waals surface area (Å²) in [5.41, 5.74) is 1.42. The summed E-state index contributed by atoms with van der Waals surface area (Å²) in [6, 6.07) is 0. The monoisotopic (exact) mass is 276 g/mol. The van der Waals surface area contributed by atoms with Gasteiger partial charge >= 0.3 is 5.97 Å². The minimum absolute atomic E-state index is 0.138. The number of carbonyl (C=O) groups is 1. The Kier molecular flexibility index (Phi) is 4.02. The number of sulfonamides is 1. The molecule has 0 aromatic carbocycles. The summed E-state index contributed by atoms with van der Waals surface area (Å²) >= 11 is 0.789. The molecule has 0 saturated heterocycles. The molecule has 0 aliphatic rings. The SMILES string of the molecule is C=C(C)CN(C)S(=O)(=O)c1scnc1C(=O)O. The van der Waals surface area contributed by atoms with Crippen LogP contribution in [0.5, 0.6) is 0 Å². The topological polar surface area (TPSA) is 87.6 Å². The van der Waals surface area contributed by atoms with Crippen molar-refractivity contribution in [2.45, 2.75) is 11.1 Å². The molecule has 94 valence electrons. The van der Waals surface area contributed by atoms with Crippen LogP contribution in [0.3, 0.4) is 0 Å². The fourth-order valence-corrected chi connectivity index (χ4v) is 3.73. The van der Waals surface area contributed by atoms with E-state index >= 15 is 0 Å². The maximum absolute atomic E-state index is 12.0. The number of rotatable bonds is 5. The number of hydrogen-bond acceptors (Lipinski definition) is 5. The van der Waals surface area contributed by atoms with Gasteiger partial charge < -0.3 is 5.11 Å². The molecule has 1 aromatic heterocycles. The zero-order valence-electron chi connectivity index (χ0n) is 9.37. The zero-order chi connectivity index (χ0) is 13.2. The summed E-state index contributed by atoms with van der Waals surface area (Å²) in [5, 5.41) is 8.83. The van der Waals surface area contributed by atoms with Crippen LogP contribution < -0.4 is 0 Å². The number of aromatic nitrogens is 1. The van der Waals surface area contributed by atoms with Crippen LogP contribution in [0.1, 0.15) is 17.4 Å². The van der Waals surface area contributed by atoms with Gasteiger partial charge in [-0.25, -0.2) is 18.2 Å². The summed E-state index contributed by atoms with van der Waals surface area (Å²) in [6.45, 7) is 5.44. The Morgan fingerprint density at radius 3 is 2.71 bits per heavy atom. The quantitative estimate of drug-likeness (QED) is 0.812. The van der Waals surface area contributed by atoms with E-state index in [1.807, 2.05) is 0 Å². The van der Waals surface area contributed by atoms with E-state index < -0.39 is 21.7 Å². The van der Waals surface area contributed by atoms with Gasteiger partial charge in [-0.15, -0.1) is 11.3 Å². The normalized spacial score (nSPS) is 11.7. The lowest BCUT2D eigenvalue weighted by molar-refractivity contribution is 0.0687. The Labute approximate surface area is 103 Å². The predicted octanol–water partition coefficient (Wildman–Crippen LogP) is 1.04. The molecule has 1 N–H and O–H groups in total. The number of nitrogens with zero attached hydrogens (tertiary/aromatic N) is 2. The van der Waals surface area contributed by atoms with Crippen molar-refractivity contribution in [3.05, 3.63) is 23.4 Å². The molecule has 0 fully saturated rings. The fourth-order valence-electron chi connectivity index (χ4n) is 1.17. The summed E-state index contributed by atoms with van der Waals surface area (Å²) in [7, 11) is -2.45.